The van der Waals surface area contributed by atoms with E-state index in [1.807, 2.05) is 0 Å². The van der Waals surface area contributed by atoms with Gasteiger partial charge in [-0.1, -0.05) is 18.2 Å². The molecule has 3 heterocycles. The van der Waals surface area contributed by atoms with Crippen molar-refractivity contribution in [3.63, 3.8) is 0 Å². The number of fused-ring (bicyclic) bond motifs is 1. The number of Topliss-reactive ketones (excluding diaryl/α,β-unsaturated/α-hetero) is 1. The molecule has 0 saturated carbocycles. The Hall–Kier alpha value is -4.84. The lowest BCUT2D eigenvalue weighted by molar-refractivity contribution is -0.191. The Bertz CT molecular complexity index is 1510. The van der Waals surface area contributed by atoms with Crippen LogP contribution in [-0.4, -0.2) is 57.7 Å². The molecule has 12 nitrogen and oxygen atoms in total. The highest BCUT2D eigenvalue weighted by Gasteiger charge is 2.34. The SMILES string of the molecule is CC(=O)CC[C@H]1CN(c2cc(F)c(N3CCn4c(=O)n(-c5ccccc5)c(=O)n4CC3)c(F)c2)C(=O)O1.O=C=O. The predicted molar refractivity (Wildman–Crippen MR) is 135 cm³/mol. The van der Waals surface area contributed by atoms with Crippen molar-refractivity contribution in [3.8, 4) is 5.69 Å². The van der Waals surface area contributed by atoms with Gasteiger partial charge in [-0.15, -0.1) is 0 Å². The van der Waals surface area contributed by atoms with Gasteiger partial charge in [-0.3, -0.25) is 4.90 Å². The molecule has 0 spiro atoms. The van der Waals surface area contributed by atoms with Gasteiger partial charge in [-0.25, -0.2) is 37.1 Å². The van der Waals surface area contributed by atoms with Gasteiger partial charge in [-0.05, 0) is 25.5 Å². The predicted octanol–water partition coefficient (Wildman–Crippen LogP) is 1.71. The number of anilines is 2. The first-order valence-electron chi connectivity index (χ1n) is 12.3. The summed E-state index contributed by atoms with van der Waals surface area (Å²) in [5.41, 5.74) is -0.898. The number of halogens is 2. The fourth-order valence-electron chi connectivity index (χ4n) is 4.77. The fraction of sp³-hybridized carbons (Fsp3) is 0.346. The zero-order valence-corrected chi connectivity index (χ0v) is 21.4. The summed E-state index contributed by atoms with van der Waals surface area (Å²) in [4.78, 5) is 68.3. The van der Waals surface area contributed by atoms with E-state index in [0.29, 0.717) is 12.1 Å². The maximum Gasteiger partial charge on any atom is 0.414 e. The Morgan fingerprint density at radius 2 is 1.48 bits per heavy atom. The lowest BCUT2D eigenvalue weighted by Crippen LogP contribution is -2.33. The molecule has 1 aromatic heterocycles. The second kappa shape index (κ2) is 11.9. The summed E-state index contributed by atoms with van der Waals surface area (Å²) in [6.45, 7) is 1.79. The quantitative estimate of drug-likeness (QED) is 0.448. The van der Waals surface area contributed by atoms with E-state index in [1.165, 1.54) is 21.2 Å². The number of ketones is 1. The van der Waals surface area contributed by atoms with Crippen LogP contribution in [0.3, 0.4) is 0 Å². The standard InChI is InChI=1S/C25H25F2N5O5.CO2/c1-16(33)7-8-19-15-29(25(36)37-19)18-13-20(26)22(21(27)14-18)28-9-11-30-23(34)32(17-5-3-2-4-6-17)24(35)31(30)12-10-28;2-1-3/h2-6,13-14,19H,7-12,15H2,1H3;/t19-;/m0./s1. The van der Waals surface area contributed by atoms with Crippen LogP contribution in [0.4, 0.5) is 25.0 Å². The van der Waals surface area contributed by atoms with Crippen LogP contribution in [0, 0.1) is 11.6 Å². The molecule has 14 heteroatoms. The monoisotopic (exact) mass is 557 g/mol. The molecule has 3 aromatic rings. The Balaban J connectivity index is 0.00000118. The van der Waals surface area contributed by atoms with Crippen LogP contribution >= 0.6 is 0 Å². The molecule has 0 bridgehead atoms. The molecule has 1 atom stereocenters. The third-order valence-electron chi connectivity index (χ3n) is 6.62. The molecule has 0 radical (unpaired) electrons. The molecule has 40 heavy (non-hydrogen) atoms. The van der Waals surface area contributed by atoms with E-state index in [0.717, 1.165) is 21.6 Å². The molecule has 210 valence electrons. The normalized spacial score (nSPS) is 16.4. The first-order chi connectivity index (χ1) is 19.2. The maximum absolute atomic E-state index is 15.2. The minimum absolute atomic E-state index is 0.0112. The lowest BCUT2D eigenvalue weighted by Gasteiger charge is -2.24. The lowest BCUT2D eigenvalue weighted by atomic mass is 10.1. The molecule has 0 aliphatic carbocycles. The Morgan fingerprint density at radius 1 is 0.925 bits per heavy atom. The van der Waals surface area contributed by atoms with Gasteiger partial charge in [0.05, 0.1) is 31.0 Å². The van der Waals surface area contributed by atoms with Crippen LogP contribution in [0.5, 0.6) is 0 Å². The smallest absolute Gasteiger partial charge is 0.414 e. The third-order valence-corrected chi connectivity index (χ3v) is 6.62. The van der Waals surface area contributed by atoms with Crippen LogP contribution in [0.15, 0.2) is 52.1 Å². The molecule has 2 aliphatic rings. The van der Waals surface area contributed by atoms with Crippen LogP contribution < -0.4 is 21.2 Å². The first-order valence-corrected chi connectivity index (χ1v) is 12.3. The topological polar surface area (TPSA) is 133 Å². The number of carbonyl (C=O) groups is 2. The largest absolute Gasteiger partial charge is 0.444 e. The van der Waals surface area contributed by atoms with Crippen molar-refractivity contribution in [3.05, 3.63) is 75.1 Å². The molecular formula is C26H25F2N5O7. The number of hydrogen-bond donors (Lipinski definition) is 0. The van der Waals surface area contributed by atoms with Gasteiger partial charge in [0.25, 0.3) is 0 Å². The molecule has 1 saturated heterocycles. The van der Waals surface area contributed by atoms with Crippen molar-refractivity contribution in [2.45, 2.75) is 39.0 Å². The van der Waals surface area contributed by atoms with Gasteiger partial charge in [-0.2, -0.15) is 9.59 Å². The van der Waals surface area contributed by atoms with Crippen LogP contribution in [0.1, 0.15) is 19.8 Å². The number of hydrogen-bond acceptors (Lipinski definition) is 8. The third kappa shape index (κ3) is 5.61. The zero-order chi connectivity index (χ0) is 29.0. The second-order valence-electron chi connectivity index (χ2n) is 9.17. The number of amides is 1. The van der Waals surface area contributed by atoms with E-state index in [1.54, 1.807) is 30.3 Å². The molecular weight excluding hydrogens is 532 g/mol. The minimum atomic E-state index is -0.879. The summed E-state index contributed by atoms with van der Waals surface area (Å²) in [5.74, 6) is -1.80. The fourth-order valence-corrected chi connectivity index (χ4v) is 4.77. The van der Waals surface area contributed by atoms with Crippen LogP contribution in [0.2, 0.25) is 0 Å². The van der Waals surface area contributed by atoms with E-state index >= 15 is 8.78 Å². The summed E-state index contributed by atoms with van der Waals surface area (Å²) in [6, 6.07) is 10.7. The van der Waals surface area contributed by atoms with E-state index in [-0.39, 0.29) is 62.5 Å². The van der Waals surface area contributed by atoms with Gasteiger partial charge < -0.3 is 14.4 Å². The molecule has 5 rings (SSSR count). The van der Waals surface area contributed by atoms with E-state index < -0.39 is 35.2 Å². The van der Waals surface area contributed by atoms with Crippen LogP contribution in [0.25, 0.3) is 5.69 Å². The minimum Gasteiger partial charge on any atom is -0.444 e. The van der Waals surface area contributed by atoms with E-state index in [4.69, 9.17) is 14.3 Å². The van der Waals surface area contributed by atoms with Crippen molar-refractivity contribution in [1.29, 1.82) is 0 Å². The second-order valence-corrected chi connectivity index (χ2v) is 9.17. The molecule has 1 fully saturated rings. The van der Waals surface area contributed by atoms with E-state index in [9.17, 15) is 19.2 Å². The highest BCUT2D eigenvalue weighted by molar-refractivity contribution is 5.90. The number of cyclic esters (lactones) is 1. The molecule has 0 unspecified atom stereocenters. The first kappa shape index (κ1) is 28.2. The highest BCUT2D eigenvalue weighted by Crippen LogP contribution is 2.32. The number of rotatable bonds is 6. The number of benzene rings is 2. The zero-order valence-electron chi connectivity index (χ0n) is 21.4. The van der Waals surface area contributed by atoms with Crippen molar-refractivity contribution in [1.82, 2.24) is 13.9 Å². The van der Waals surface area contributed by atoms with Gasteiger partial charge in [0.15, 0.2) is 11.6 Å². The number of nitrogens with zero attached hydrogens (tertiary/aromatic N) is 5. The van der Waals surface area contributed by atoms with Crippen LogP contribution in [-0.2, 0) is 32.2 Å². The molecule has 1 amide bonds. The number of carbonyl (C=O) groups excluding carboxylic acids is 4. The summed E-state index contributed by atoms with van der Waals surface area (Å²) in [6.07, 6.45) is -0.449. The van der Waals surface area contributed by atoms with E-state index in [2.05, 4.69) is 0 Å². The summed E-state index contributed by atoms with van der Waals surface area (Å²) >= 11 is 0. The van der Waals surface area contributed by atoms with Crippen molar-refractivity contribution >= 4 is 29.4 Å². The molecule has 0 N–H and O–H groups in total. The highest BCUT2D eigenvalue weighted by atomic mass is 19.1. The van der Waals surface area contributed by atoms with Gasteiger partial charge in [0.1, 0.15) is 17.6 Å². The Morgan fingerprint density at radius 3 is 2.00 bits per heavy atom. The van der Waals surface area contributed by atoms with Gasteiger partial charge in [0, 0.05) is 31.6 Å². The average Bonchev–Trinajstić information content (AvgIpc) is 3.29. The summed E-state index contributed by atoms with van der Waals surface area (Å²) in [5, 5.41) is 0. The number of aromatic nitrogens is 3. The summed E-state index contributed by atoms with van der Waals surface area (Å²) in [7, 11) is 0. The Kier molecular flexibility index (Phi) is 8.39. The van der Waals surface area contributed by atoms with Gasteiger partial charge >= 0.3 is 23.6 Å². The number of para-hydroxylation sites is 1. The Labute approximate surface area is 225 Å². The molecule has 2 aliphatic heterocycles. The van der Waals surface area contributed by atoms with Crippen molar-refractivity contribution < 1.29 is 32.7 Å². The van der Waals surface area contributed by atoms with Crippen molar-refractivity contribution in [2.75, 3.05) is 29.4 Å². The maximum atomic E-state index is 15.2. The van der Waals surface area contributed by atoms with Gasteiger partial charge in [0.2, 0.25) is 0 Å². The van der Waals surface area contributed by atoms with Crippen molar-refractivity contribution in [2.24, 2.45) is 0 Å². The molecule has 2 aromatic carbocycles. The summed E-state index contributed by atoms with van der Waals surface area (Å²) < 4.78 is 39.3. The number of ether oxygens (including phenoxy) is 1. The average molecular weight is 558 g/mol.